The van der Waals surface area contributed by atoms with E-state index in [4.69, 9.17) is 21.1 Å². The molecule has 0 fully saturated rings. The first-order chi connectivity index (χ1) is 14.0. The van der Waals surface area contributed by atoms with Gasteiger partial charge in [0, 0.05) is 5.56 Å². The van der Waals surface area contributed by atoms with Crippen LogP contribution >= 0.6 is 22.9 Å². The van der Waals surface area contributed by atoms with Gasteiger partial charge in [-0.3, -0.25) is 10.1 Å². The third kappa shape index (κ3) is 5.25. The van der Waals surface area contributed by atoms with Gasteiger partial charge < -0.3 is 9.47 Å². The van der Waals surface area contributed by atoms with Crippen LogP contribution in [0.5, 0.6) is 5.75 Å². The Labute approximate surface area is 177 Å². The van der Waals surface area contributed by atoms with Crippen LogP contribution in [0.15, 0.2) is 36.4 Å². The second kappa shape index (κ2) is 9.71. The van der Waals surface area contributed by atoms with Crippen LogP contribution in [-0.2, 0) is 4.74 Å². The number of hydrogen-bond acceptors (Lipinski definition) is 6. The third-order valence-corrected chi connectivity index (χ3v) is 5.30. The zero-order valence-electron chi connectivity index (χ0n) is 16.2. The lowest BCUT2D eigenvalue weighted by atomic mass is 10.2. The van der Waals surface area contributed by atoms with E-state index in [1.165, 1.54) is 11.3 Å². The van der Waals surface area contributed by atoms with E-state index in [0.717, 1.165) is 17.5 Å². The molecule has 0 saturated carbocycles. The normalized spacial score (nSPS) is 10.7. The fourth-order valence-corrected chi connectivity index (χ4v) is 3.72. The van der Waals surface area contributed by atoms with Gasteiger partial charge in [-0.15, -0.1) is 0 Å². The first-order valence-corrected chi connectivity index (χ1v) is 10.5. The lowest BCUT2D eigenvalue weighted by Gasteiger charge is -2.07. The number of nitrogens with one attached hydrogen (secondary N) is 1. The van der Waals surface area contributed by atoms with Crippen molar-refractivity contribution in [3.8, 4) is 5.75 Å². The summed E-state index contributed by atoms with van der Waals surface area (Å²) in [5.74, 6) is -0.152. The Morgan fingerprint density at radius 3 is 2.66 bits per heavy atom. The Hall–Kier alpha value is -2.64. The summed E-state index contributed by atoms with van der Waals surface area (Å²) in [5, 5.41) is 3.58. The van der Waals surface area contributed by atoms with E-state index in [1.54, 1.807) is 36.4 Å². The summed E-state index contributed by atoms with van der Waals surface area (Å²) in [6, 6.07) is 10.0. The third-order valence-electron chi connectivity index (χ3n) is 4.07. The number of carbonyl (C=O) groups excluding carboxylic acids is 2. The monoisotopic (exact) mass is 432 g/mol. The maximum absolute atomic E-state index is 12.5. The summed E-state index contributed by atoms with van der Waals surface area (Å²) < 4.78 is 11.4. The van der Waals surface area contributed by atoms with Crippen molar-refractivity contribution in [3.63, 3.8) is 0 Å². The molecule has 1 aromatic heterocycles. The van der Waals surface area contributed by atoms with Gasteiger partial charge in [0.15, 0.2) is 5.13 Å². The molecule has 0 saturated heterocycles. The van der Waals surface area contributed by atoms with Crippen LogP contribution in [0, 0.1) is 0 Å². The molecule has 8 heteroatoms. The van der Waals surface area contributed by atoms with Crippen molar-refractivity contribution >= 4 is 50.2 Å². The SMILES string of the molecule is CCCCOC(=O)c1ccc2nc(NC(=O)c3ccc(OCC)c(Cl)c3)sc2c1. The van der Waals surface area contributed by atoms with E-state index in [0.29, 0.717) is 45.8 Å². The second-order valence-corrected chi connectivity index (χ2v) is 7.66. The van der Waals surface area contributed by atoms with Crippen LogP contribution in [0.4, 0.5) is 5.13 Å². The van der Waals surface area contributed by atoms with E-state index in [-0.39, 0.29) is 11.9 Å². The number of amides is 1. The number of thiazole rings is 1. The molecule has 0 bridgehead atoms. The van der Waals surface area contributed by atoms with Crippen LogP contribution in [0.25, 0.3) is 10.2 Å². The summed E-state index contributed by atoms with van der Waals surface area (Å²) in [6.07, 6.45) is 1.80. The summed E-state index contributed by atoms with van der Waals surface area (Å²) in [7, 11) is 0. The molecular formula is C21H21ClN2O4S. The Morgan fingerprint density at radius 2 is 1.93 bits per heavy atom. The number of anilines is 1. The predicted octanol–water partition coefficient (Wildman–Crippen LogP) is 5.56. The summed E-state index contributed by atoms with van der Waals surface area (Å²) >= 11 is 7.44. The Kier molecular flexibility index (Phi) is 7.06. The van der Waals surface area contributed by atoms with Gasteiger partial charge in [0.25, 0.3) is 5.91 Å². The zero-order valence-corrected chi connectivity index (χ0v) is 17.7. The molecule has 3 aromatic rings. The van der Waals surface area contributed by atoms with Crippen molar-refractivity contribution in [2.24, 2.45) is 0 Å². The quantitative estimate of drug-likeness (QED) is 0.372. The highest BCUT2D eigenvalue weighted by Crippen LogP contribution is 2.29. The molecule has 0 spiro atoms. The summed E-state index contributed by atoms with van der Waals surface area (Å²) in [6.45, 7) is 4.79. The summed E-state index contributed by atoms with van der Waals surface area (Å²) in [5.41, 5.74) is 1.56. The van der Waals surface area contributed by atoms with E-state index in [1.807, 2.05) is 13.8 Å². The number of esters is 1. The van der Waals surface area contributed by atoms with Crippen molar-refractivity contribution in [1.82, 2.24) is 4.98 Å². The van der Waals surface area contributed by atoms with Gasteiger partial charge in [-0.25, -0.2) is 9.78 Å². The molecule has 29 heavy (non-hydrogen) atoms. The molecule has 0 radical (unpaired) electrons. The molecule has 0 aliphatic carbocycles. The average Bonchev–Trinajstić information content (AvgIpc) is 3.11. The van der Waals surface area contributed by atoms with Gasteiger partial charge in [-0.2, -0.15) is 0 Å². The first kappa shape index (κ1) is 21.1. The molecular weight excluding hydrogens is 412 g/mol. The lowest BCUT2D eigenvalue weighted by Crippen LogP contribution is -2.11. The standard InChI is InChI=1S/C21H21ClN2O4S/c1-3-5-10-28-20(26)14-6-8-16-18(12-14)29-21(23-16)24-19(25)13-7-9-17(27-4-2)15(22)11-13/h6-9,11-12H,3-5,10H2,1-2H3,(H,23,24,25). The minimum atomic E-state index is -0.358. The minimum absolute atomic E-state index is 0.326. The van der Waals surface area contributed by atoms with Crippen LogP contribution < -0.4 is 10.1 Å². The number of hydrogen-bond donors (Lipinski definition) is 1. The van der Waals surface area contributed by atoms with E-state index in [2.05, 4.69) is 10.3 Å². The minimum Gasteiger partial charge on any atom is -0.492 e. The van der Waals surface area contributed by atoms with Crippen LogP contribution in [0.1, 0.15) is 47.4 Å². The second-order valence-electron chi connectivity index (χ2n) is 6.22. The molecule has 1 heterocycles. The molecule has 1 N–H and O–H groups in total. The Morgan fingerprint density at radius 1 is 1.14 bits per heavy atom. The highest BCUT2D eigenvalue weighted by Gasteiger charge is 2.14. The fraction of sp³-hybridized carbons (Fsp3) is 0.286. The topological polar surface area (TPSA) is 77.5 Å². The Bertz CT molecular complexity index is 1030. The molecule has 1 amide bonds. The number of carbonyl (C=O) groups is 2. The van der Waals surface area contributed by atoms with Gasteiger partial charge in [0.05, 0.1) is 34.0 Å². The number of rotatable bonds is 8. The van der Waals surface area contributed by atoms with E-state index >= 15 is 0 Å². The predicted molar refractivity (Wildman–Crippen MR) is 115 cm³/mol. The van der Waals surface area contributed by atoms with Crippen LogP contribution in [0.3, 0.4) is 0 Å². The fourth-order valence-electron chi connectivity index (χ4n) is 2.58. The molecule has 0 aliphatic heterocycles. The van der Waals surface area contributed by atoms with Crippen molar-refractivity contribution in [2.45, 2.75) is 26.7 Å². The number of ether oxygens (including phenoxy) is 2. The van der Waals surface area contributed by atoms with E-state index in [9.17, 15) is 9.59 Å². The highest BCUT2D eigenvalue weighted by molar-refractivity contribution is 7.22. The van der Waals surface area contributed by atoms with E-state index < -0.39 is 0 Å². The van der Waals surface area contributed by atoms with Gasteiger partial charge in [-0.05, 0) is 49.7 Å². The lowest BCUT2D eigenvalue weighted by molar-refractivity contribution is 0.0500. The first-order valence-electron chi connectivity index (χ1n) is 9.33. The number of nitrogens with zero attached hydrogens (tertiary/aromatic N) is 1. The molecule has 152 valence electrons. The molecule has 2 aromatic carbocycles. The summed E-state index contributed by atoms with van der Waals surface area (Å²) in [4.78, 5) is 29.0. The number of benzene rings is 2. The number of aromatic nitrogens is 1. The van der Waals surface area contributed by atoms with Crippen LogP contribution in [0.2, 0.25) is 5.02 Å². The van der Waals surface area contributed by atoms with Gasteiger partial charge >= 0.3 is 5.97 Å². The average molecular weight is 433 g/mol. The highest BCUT2D eigenvalue weighted by atomic mass is 35.5. The van der Waals surface area contributed by atoms with Crippen molar-refractivity contribution in [2.75, 3.05) is 18.5 Å². The van der Waals surface area contributed by atoms with Crippen molar-refractivity contribution in [3.05, 3.63) is 52.5 Å². The molecule has 0 aliphatic rings. The zero-order chi connectivity index (χ0) is 20.8. The van der Waals surface area contributed by atoms with Gasteiger partial charge in [-0.1, -0.05) is 36.3 Å². The molecule has 6 nitrogen and oxygen atoms in total. The van der Waals surface area contributed by atoms with Gasteiger partial charge in [0.2, 0.25) is 0 Å². The smallest absolute Gasteiger partial charge is 0.338 e. The van der Waals surface area contributed by atoms with Crippen LogP contribution in [-0.4, -0.2) is 30.1 Å². The number of unbranched alkanes of at least 4 members (excludes halogenated alkanes) is 1. The molecule has 0 atom stereocenters. The Balaban J connectivity index is 1.72. The van der Waals surface area contributed by atoms with Crippen molar-refractivity contribution < 1.29 is 19.1 Å². The molecule has 0 unspecified atom stereocenters. The van der Waals surface area contributed by atoms with Crippen molar-refractivity contribution in [1.29, 1.82) is 0 Å². The largest absolute Gasteiger partial charge is 0.492 e. The maximum Gasteiger partial charge on any atom is 0.338 e. The molecule has 3 rings (SSSR count). The number of halogens is 1. The number of fused-ring (bicyclic) bond motifs is 1. The maximum atomic E-state index is 12.5. The van der Waals surface area contributed by atoms with Gasteiger partial charge in [0.1, 0.15) is 5.75 Å².